The van der Waals surface area contributed by atoms with Gasteiger partial charge in [0.05, 0.1) is 17.8 Å². The Morgan fingerprint density at radius 1 is 1.29 bits per heavy atom. The van der Waals surface area contributed by atoms with E-state index in [1.807, 2.05) is 31.2 Å². The van der Waals surface area contributed by atoms with Gasteiger partial charge in [0.25, 0.3) is 5.91 Å². The Morgan fingerprint density at radius 2 is 2.08 bits per heavy atom. The van der Waals surface area contributed by atoms with Gasteiger partial charge < -0.3 is 10.6 Å². The van der Waals surface area contributed by atoms with Crippen molar-refractivity contribution in [3.63, 3.8) is 0 Å². The molecule has 0 bridgehead atoms. The van der Waals surface area contributed by atoms with Crippen LogP contribution >= 0.6 is 0 Å². The van der Waals surface area contributed by atoms with Gasteiger partial charge in [0, 0.05) is 30.2 Å². The average Bonchev–Trinajstić information content (AvgIpc) is 2.59. The van der Waals surface area contributed by atoms with Crippen molar-refractivity contribution in [1.29, 1.82) is 0 Å². The van der Waals surface area contributed by atoms with E-state index in [1.54, 1.807) is 29.6 Å². The van der Waals surface area contributed by atoms with Gasteiger partial charge >= 0.3 is 0 Å². The summed E-state index contributed by atoms with van der Waals surface area (Å²) in [5.41, 5.74) is 7.67. The van der Waals surface area contributed by atoms with Gasteiger partial charge in [-0.25, -0.2) is 0 Å². The van der Waals surface area contributed by atoms with Crippen LogP contribution in [0.4, 0.5) is 5.69 Å². The minimum absolute atomic E-state index is 0.128. The lowest BCUT2D eigenvalue weighted by Gasteiger charge is -2.37. The molecule has 1 aliphatic heterocycles. The summed E-state index contributed by atoms with van der Waals surface area (Å²) in [5, 5.41) is 0. The maximum absolute atomic E-state index is 12.7. The number of fused-ring (bicyclic) bond motifs is 1. The molecule has 1 aromatic carbocycles. The smallest absolute Gasteiger partial charge is 0.251 e. The molecule has 2 amide bonds. The first-order valence-corrected chi connectivity index (χ1v) is 7.73. The van der Waals surface area contributed by atoms with Crippen molar-refractivity contribution in [2.45, 2.75) is 25.3 Å². The van der Waals surface area contributed by atoms with Gasteiger partial charge in [0.2, 0.25) is 5.91 Å². The molecule has 0 saturated carbocycles. The highest BCUT2D eigenvalue weighted by molar-refractivity contribution is 6.05. The number of nitrogens with two attached hydrogens (primary N) is 1. The molecule has 0 saturated heterocycles. The molecule has 24 heavy (non-hydrogen) atoms. The van der Waals surface area contributed by atoms with Crippen LogP contribution in [0.25, 0.3) is 6.08 Å². The van der Waals surface area contributed by atoms with Crippen molar-refractivity contribution in [2.75, 3.05) is 4.90 Å². The first-order valence-electron chi connectivity index (χ1n) is 7.73. The lowest BCUT2D eigenvalue weighted by Crippen LogP contribution is -2.44. The number of carbonyl (C=O) groups excluding carboxylic acids is 2. The molecule has 2 atom stereocenters. The summed E-state index contributed by atoms with van der Waals surface area (Å²) in [4.78, 5) is 34.2. The average molecular weight is 322 g/mol. The van der Waals surface area contributed by atoms with Crippen LogP contribution in [0.15, 0.2) is 48.9 Å². The summed E-state index contributed by atoms with van der Waals surface area (Å²) in [6, 6.07) is 7.26. The van der Waals surface area contributed by atoms with E-state index in [9.17, 15) is 9.59 Å². The molecule has 2 aromatic rings. The highest BCUT2D eigenvalue weighted by atomic mass is 16.2. The SMILES string of the molecule is CC1CC(C(N)=O)c2ccccc2N1C(=O)/C=C/c1cnccn1. The van der Waals surface area contributed by atoms with Crippen molar-refractivity contribution in [3.05, 3.63) is 60.2 Å². The Balaban J connectivity index is 1.92. The number of primary amides is 1. The van der Waals surface area contributed by atoms with Gasteiger partial charge in [-0.05, 0) is 31.1 Å². The molecule has 2 heterocycles. The van der Waals surface area contributed by atoms with E-state index < -0.39 is 0 Å². The molecule has 0 aliphatic carbocycles. The van der Waals surface area contributed by atoms with E-state index in [1.165, 1.54) is 6.08 Å². The molecule has 0 fully saturated rings. The van der Waals surface area contributed by atoms with E-state index in [0.29, 0.717) is 12.1 Å². The van der Waals surface area contributed by atoms with E-state index in [2.05, 4.69) is 9.97 Å². The van der Waals surface area contributed by atoms with Crippen LogP contribution in [0, 0.1) is 0 Å². The fourth-order valence-corrected chi connectivity index (χ4v) is 3.05. The standard InChI is InChI=1S/C18H18N4O2/c1-12-10-15(18(19)24)14-4-2-3-5-16(14)22(12)17(23)7-6-13-11-20-8-9-21-13/h2-9,11-12,15H,10H2,1H3,(H2,19,24)/b7-6+. The summed E-state index contributed by atoms with van der Waals surface area (Å²) >= 11 is 0. The maximum Gasteiger partial charge on any atom is 0.251 e. The third-order valence-electron chi connectivity index (χ3n) is 4.15. The molecule has 1 aromatic heterocycles. The number of rotatable bonds is 3. The van der Waals surface area contributed by atoms with Gasteiger partial charge in [-0.15, -0.1) is 0 Å². The minimum Gasteiger partial charge on any atom is -0.369 e. The van der Waals surface area contributed by atoms with Crippen molar-refractivity contribution >= 4 is 23.6 Å². The number of anilines is 1. The third kappa shape index (κ3) is 3.03. The van der Waals surface area contributed by atoms with Crippen LogP contribution in [-0.2, 0) is 9.59 Å². The first-order chi connectivity index (χ1) is 11.6. The maximum atomic E-state index is 12.7. The molecule has 0 radical (unpaired) electrons. The number of amides is 2. The zero-order valence-corrected chi connectivity index (χ0v) is 13.3. The van der Waals surface area contributed by atoms with Crippen molar-refractivity contribution in [2.24, 2.45) is 5.73 Å². The summed E-state index contributed by atoms with van der Waals surface area (Å²) in [5.74, 6) is -0.899. The Morgan fingerprint density at radius 3 is 2.79 bits per heavy atom. The molecule has 1 aliphatic rings. The molecular weight excluding hydrogens is 304 g/mol. The highest BCUT2D eigenvalue weighted by Gasteiger charge is 2.35. The summed E-state index contributed by atoms with van der Waals surface area (Å²) < 4.78 is 0. The Bertz CT molecular complexity index is 789. The molecular formula is C18H18N4O2. The van der Waals surface area contributed by atoms with Gasteiger partial charge in [-0.3, -0.25) is 19.6 Å². The molecule has 2 N–H and O–H groups in total. The number of hydrogen-bond donors (Lipinski definition) is 1. The number of hydrogen-bond acceptors (Lipinski definition) is 4. The Labute approximate surface area is 140 Å². The van der Waals surface area contributed by atoms with Crippen molar-refractivity contribution < 1.29 is 9.59 Å². The predicted octanol–water partition coefficient (Wildman–Crippen LogP) is 1.88. The molecule has 6 heteroatoms. The summed E-state index contributed by atoms with van der Waals surface area (Å²) in [6.07, 6.45) is 8.34. The topological polar surface area (TPSA) is 89.2 Å². The molecule has 122 valence electrons. The second-order valence-electron chi connectivity index (χ2n) is 5.77. The summed E-state index contributed by atoms with van der Waals surface area (Å²) in [6.45, 7) is 1.92. The number of carbonyl (C=O) groups is 2. The monoisotopic (exact) mass is 322 g/mol. The van der Waals surface area contributed by atoms with E-state index in [4.69, 9.17) is 5.73 Å². The first kappa shape index (κ1) is 15.9. The van der Waals surface area contributed by atoms with Gasteiger partial charge in [0.15, 0.2) is 0 Å². The molecule has 3 rings (SSSR count). The third-order valence-corrected chi connectivity index (χ3v) is 4.15. The fourth-order valence-electron chi connectivity index (χ4n) is 3.05. The lowest BCUT2D eigenvalue weighted by molar-refractivity contribution is -0.120. The van der Waals surface area contributed by atoms with E-state index in [-0.39, 0.29) is 23.8 Å². The minimum atomic E-state index is -0.371. The van der Waals surface area contributed by atoms with Gasteiger partial charge in [-0.2, -0.15) is 0 Å². The summed E-state index contributed by atoms with van der Waals surface area (Å²) in [7, 11) is 0. The van der Waals surface area contributed by atoms with Crippen LogP contribution in [0.5, 0.6) is 0 Å². The van der Waals surface area contributed by atoms with E-state index >= 15 is 0 Å². The second-order valence-corrected chi connectivity index (χ2v) is 5.77. The van der Waals surface area contributed by atoms with Crippen molar-refractivity contribution in [1.82, 2.24) is 9.97 Å². The predicted molar refractivity (Wildman–Crippen MR) is 91.0 cm³/mol. The number of para-hydroxylation sites is 1. The van der Waals surface area contributed by atoms with Crippen molar-refractivity contribution in [3.8, 4) is 0 Å². The van der Waals surface area contributed by atoms with Gasteiger partial charge in [0.1, 0.15) is 0 Å². The quantitative estimate of drug-likeness (QED) is 0.874. The largest absolute Gasteiger partial charge is 0.369 e. The second kappa shape index (κ2) is 6.62. The molecule has 2 unspecified atom stereocenters. The van der Waals surface area contributed by atoms with Crippen LogP contribution in [0.1, 0.15) is 30.5 Å². The number of aromatic nitrogens is 2. The van der Waals surface area contributed by atoms with Crippen LogP contribution in [0.2, 0.25) is 0 Å². The zero-order valence-electron chi connectivity index (χ0n) is 13.3. The van der Waals surface area contributed by atoms with Gasteiger partial charge in [-0.1, -0.05) is 18.2 Å². The Hall–Kier alpha value is -3.02. The van der Waals surface area contributed by atoms with E-state index in [0.717, 1.165) is 11.3 Å². The lowest BCUT2D eigenvalue weighted by atomic mass is 9.85. The van der Waals surface area contributed by atoms with Crippen LogP contribution in [-0.4, -0.2) is 27.8 Å². The zero-order chi connectivity index (χ0) is 17.1. The number of benzene rings is 1. The van der Waals surface area contributed by atoms with Crippen LogP contribution in [0.3, 0.4) is 0 Å². The van der Waals surface area contributed by atoms with Crippen LogP contribution < -0.4 is 10.6 Å². The Kier molecular flexibility index (Phi) is 4.37. The molecule has 6 nitrogen and oxygen atoms in total. The number of nitrogens with zero attached hydrogens (tertiary/aromatic N) is 3. The highest BCUT2D eigenvalue weighted by Crippen LogP contribution is 2.38. The fraction of sp³-hybridized carbons (Fsp3) is 0.222. The molecule has 0 spiro atoms. The normalized spacial score (nSPS) is 20.0.